The molecule has 6 nitrogen and oxygen atoms in total. The molecule has 0 amide bonds. The van der Waals surface area contributed by atoms with Gasteiger partial charge in [-0.15, -0.1) is 0 Å². The largest absolute Gasteiger partial charge is 0.415 e. The first-order valence-electron chi connectivity index (χ1n) is 9.37. The molecule has 0 aromatic heterocycles. The van der Waals surface area contributed by atoms with E-state index in [0.717, 1.165) is 0 Å². The van der Waals surface area contributed by atoms with Crippen molar-refractivity contribution in [2.45, 2.75) is 89.6 Å². The van der Waals surface area contributed by atoms with Gasteiger partial charge in [0.15, 0.2) is 31.2 Å². The summed E-state index contributed by atoms with van der Waals surface area (Å²) in [5.74, 6) is 0. The minimum atomic E-state index is -1.84. The molecule has 1 aliphatic heterocycles. The maximum absolute atomic E-state index is 6.44. The first-order chi connectivity index (χ1) is 11.7. The molecule has 1 aliphatic rings. The van der Waals surface area contributed by atoms with Crippen molar-refractivity contribution >= 4 is 25.0 Å². The minimum absolute atomic E-state index is 0.250. The first-order valence-corrected chi connectivity index (χ1v) is 19.6. The Hall–Kier alpha value is 0.411. The molecule has 0 aromatic rings. The minimum Gasteiger partial charge on any atom is -0.415 e. The molecular weight excluding hydrogens is 384 g/mol. The molecule has 0 bridgehead atoms. The molecule has 26 heavy (non-hydrogen) atoms. The second kappa shape index (κ2) is 9.27. The van der Waals surface area contributed by atoms with Gasteiger partial charge in [0.1, 0.15) is 24.4 Å². The molecule has 0 spiro atoms. The lowest BCUT2D eigenvalue weighted by Crippen LogP contribution is -2.64. The zero-order chi connectivity index (χ0) is 20.3. The van der Waals surface area contributed by atoms with Crippen LogP contribution in [0.3, 0.4) is 0 Å². The van der Waals surface area contributed by atoms with Crippen LogP contribution in [0.15, 0.2) is 0 Å². The van der Waals surface area contributed by atoms with E-state index in [-0.39, 0.29) is 24.4 Å². The smallest absolute Gasteiger partial charge is 0.187 e. The molecule has 156 valence electrons. The SMILES string of the molecule is COC1C(CO[Si](C)(C)C)OC(O[Si](C)(C)C)C(O[Si](C)(C)C)C1OC. The summed E-state index contributed by atoms with van der Waals surface area (Å²) < 4.78 is 36.9. The second-order valence-electron chi connectivity index (χ2n) is 9.79. The Labute approximate surface area is 163 Å². The Morgan fingerprint density at radius 1 is 0.654 bits per heavy atom. The van der Waals surface area contributed by atoms with E-state index >= 15 is 0 Å². The molecule has 0 aliphatic carbocycles. The van der Waals surface area contributed by atoms with Crippen LogP contribution >= 0.6 is 0 Å². The lowest BCUT2D eigenvalue weighted by atomic mass is 9.99. The lowest BCUT2D eigenvalue weighted by molar-refractivity contribution is -0.283. The zero-order valence-corrected chi connectivity index (χ0v) is 21.5. The number of rotatable bonds is 9. The summed E-state index contributed by atoms with van der Waals surface area (Å²) >= 11 is 0. The van der Waals surface area contributed by atoms with Crippen LogP contribution in [-0.4, -0.2) is 76.5 Å². The maximum atomic E-state index is 6.44. The second-order valence-corrected chi connectivity index (χ2v) is 23.2. The van der Waals surface area contributed by atoms with Gasteiger partial charge in [-0.05, 0) is 58.9 Å². The van der Waals surface area contributed by atoms with E-state index in [4.69, 9.17) is 27.5 Å². The molecule has 0 saturated carbocycles. The van der Waals surface area contributed by atoms with Gasteiger partial charge in [-0.3, -0.25) is 0 Å². The van der Waals surface area contributed by atoms with Crippen LogP contribution in [0.25, 0.3) is 0 Å². The van der Waals surface area contributed by atoms with Crippen molar-refractivity contribution in [2.24, 2.45) is 0 Å². The van der Waals surface area contributed by atoms with Crippen molar-refractivity contribution in [2.75, 3.05) is 20.8 Å². The fourth-order valence-electron chi connectivity index (χ4n) is 2.88. The Bertz CT molecular complexity index is 430. The molecule has 1 rings (SSSR count). The van der Waals surface area contributed by atoms with Crippen LogP contribution in [0.5, 0.6) is 0 Å². The van der Waals surface area contributed by atoms with Crippen LogP contribution in [-0.2, 0) is 27.5 Å². The predicted octanol–water partition coefficient (Wildman–Crippen LogP) is 3.66. The van der Waals surface area contributed by atoms with E-state index in [1.165, 1.54) is 0 Å². The van der Waals surface area contributed by atoms with E-state index in [1.54, 1.807) is 14.2 Å². The third-order valence-corrected chi connectivity index (χ3v) is 6.73. The Morgan fingerprint density at radius 3 is 1.54 bits per heavy atom. The number of hydrogen-bond donors (Lipinski definition) is 0. The normalized spacial score (nSPS) is 31.3. The van der Waals surface area contributed by atoms with Gasteiger partial charge >= 0.3 is 0 Å². The Kier molecular flexibility index (Phi) is 8.72. The maximum Gasteiger partial charge on any atom is 0.187 e. The Balaban J connectivity index is 3.11. The molecule has 0 N–H and O–H groups in total. The molecule has 5 atom stereocenters. The van der Waals surface area contributed by atoms with Crippen molar-refractivity contribution in [1.82, 2.24) is 0 Å². The average Bonchev–Trinajstić information content (AvgIpc) is 2.42. The highest BCUT2D eigenvalue weighted by Crippen LogP contribution is 2.32. The van der Waals surface area contributed by atoms with E-state index in [1.807, 2.05) is 0 Å². The van der Waals surface area contributed by atoms with Crippen LogP contribution in [0.4, 0.5) is 0 Å². The number of ether oxygens (including phenoxy) is 3. The molecular formula is C17H40O6Si3. The summed E-state index contributed by atoms with van der Waals surface area (Å²) in [7, 11) is -1.97. The third kappa shape index (κ3) is 8.19. The summed E-state index contributed by atoms with van der Waals surface area (Å²) in [4.78, 5) is 0. The molecule has 5 unspecified atom stereocenters. The number of methoxy groups -OCH3 is 2. The van der Waals surface area contributed by atoms with Gasteiger partial charge in [0.25, 0.3) is 0 Å². The highest BCUT2D eigenvalue weighted by atomic mass is 28.4. The first kappa shape index (κ1) is 24.4. The highest BCUT2D eigenvalue weighted by Gasteiger charge is 2.50. The molecule has 1 saturated heterocycles. The predicted molar refractivity (Wildman–Crippen MR) is 112 cm³/mol. The molecule has 1 fully saturated rings. The van der Waals surface area contributed by atoms with E-state index in [9.17, 15) is 0 Å². The molecule has 0 radical (unpaired) electrons. The van der Waals surface area contributed by atoms with Crippen molar-refractivity contribution < 1.29 is 27.5 Å². The average molecular weight is 425 g/mol. The van der Waals surface area contributed by atoms with Crippen LogP contribution in [0, 0.1) is 0 Å². The topological polar surface area (TPSA) is 55.4 Å². The van der Waals surface area contributed by atoms with Crippen molar-refractivity contribution in [3.63, 3.8) is 0 Å². The standard InChI is InChI=1S/C17H40O6Si3/c1-18-14-13(12-20-24(3,4)5)21-17(23-26(9,10)11)16(15(14)19-2)22-25(6,7)8/h13-17H,12H2,1-11H3. The quantitative estimate of drug-likeness (QED) is 0.526. The zero-order valence-electron chi connectivity index (χ0n) is 18.5. The Morgan fingerprint density at radius 2 is 1.15 bits per heavy atom. The van der Waals surface area contributed by atoms with Crippen molar-refractivity contribution in [1.29, 1.82) is 0 Å². The van der Waals surface area contributed by atoms with Gasteiger partial charge in [-0.2, -0.15) is 0 Å². The highest BCUT2D eigenvalue weighted by molar-refractivity contribution is 6.70. The van der Waals surface area contributed by atoms with E-state index < -0.39 is 31.2 Å². The monoisotopic (exact) mass is 424 g/mol. The van der Waals surface area contributed by atoms with E-state index in [0.29, 0.717) is 6.61 Å². The van der Waals surface area contributed by atoms with Gasteiger partial charge < -0.3 is 27.5 Å². The van der Waals surface area contributed by atoms with Crippen LogP contribution < -0.4 is 0 Å². The lowest BCUT2D eigenvalue weighted by Gasteiger charge is -2.48. The van der Waals surface area contributed by atoms with E-state index in [2.05, 4.69) is 58.9 Å². The molecule has 9 heteroatoms. The fraction of sp³-hybridized carbons (Fsp3) is 1.00. The summed E-state index contributed by atoms with van der Waals surface area (Å²) in [5.41, 5.74) is 0. The van der Waals surface area contributed by atoms with Gasteiger partial charge in [0, 0.05) is 14.2 Å². The van der Waals surface area contributed by atoms with Gasteiger partial charge in [-0.25, -0.2) is 0 Å². The van der Waals surface area contributed by atoms with Gasteiger partial charge in [-0.1, -0.05) is 0 Å². The van der Waals surface area contributed by atoms with Crippen LogP contribution in [0.1, 0.15) is 0 Å². The molecule has 0 aromatic carbocycles. The van der Waals surface area contributed by atoms with Crippen molar-refractivity contribution in [3.8, 4) is 0 Å². The van der Waals surface area contributed by atoms with Gasteiger partial charge in [0.05, 0.1) is 6.61 Å². The van der Waals surface area contributed by atoms with Crippen molar-refractivity contribution in [3.05, 3.63) is 0 Å². The summed E-state index contributed by atoms with van der Waals surface area (Å²) in [6.45, 7) is 19.9. The summed E-state index contributed by atoms with van der Waals surface area (Å²) in [6.07, 6.45) is -1.57. The summed E-state index contributed by atoms with van der Waals surface area (Å²) in [5, 5.41) is 0. The fourth-order valence-corrected chi connectivity index (χ4v) is 5.49. The third-order valence-electron chi connectivity index (χ3n) is 3.78. The summed E-state index contributed by atoms with van der Waals surface area (Å²) in [6, 6.07) is 0. The van der Waals surface area contributed by atoms with Crippen LogP contribution in [0.2, 0.25) is 58.9 Å². The van der Waals surface area contributed by atoms with Gasteiger partial charge in [0.2, 0.25) is 0 Å². The molecule has 1 heterocycles. The number of hydrogen-bond acceptors (Lipinski definition) is 6.